The van der Waals surface area contributed by atoms with E-state index in [-0.39, 0.29) is 0 Å². The first kappa shape index (κ1) is 9.65. The number of aromatic amines is 1. The fourth-order valence-electron chi connectivity index (χ4n) is 1.55. The van der Waals surface area contributed by atoms with Crippen LogP contribution < -0.4 is 0 Å². The zero-order chi connectivity index (χ0) is 11.5. The number of H-pyrrole nitrogens is 1. The summed E-state index contributed by atoms with van der Waals surface area (Å²) in [7, 11) is 0. The third-order valence-corrected chi connectivity index (χ3v) is 2.34. The zero-order valence-corrected chi connectivity index (χ0v) is 8.91. The van der Waals surface area contributed by atoms with Gasteiger partial charge in [0.15, 0.2) is 5.82 Å². The molecule has 17 heavy (non-hydrogen) atoms. The minimum atomic E-state index is 0.655. The van der Waals surface area contributed by atoms with E-state index in [0.717, 1.165) is 17.1 Å². The van der Waals surface area contributed by atoms with Gasteiger partial charge in [-0.25, -0.2) is 4.98 Å². The molecule has 0 fully saturated rings. The number of pyridine rings is 2. The van der Waals surface area contributed by atoms with Crippen LogP contribution in [-0.4, -0.2) is 25.1 Å². The molecule has 0 aliphatic carbocycles. The highest BCUT2D eigenvalue weighted by Crippen LogP contribution is 2.17. The fraction of sp³-hybridized carbons (Fsp3) is 0. The first-order valence-electron chi connectivity index (χ1n) is 5.18. The molecule has 3 heterocycles. The molecule has 0 amide bonds. The molecule has 0 saturated heterocycles. The third kappa shape index (κ3) is 1.90. The minimum absolute atomic E-state index is 0.655. The van der Waals surface area contributed by atoms with Crippen molar-refractivity contribution in [3.63, 3.8) is 0 Å². The molecule has 0 spiro atoms. The fourth-order valence-corrected chi connectivity index (χ4v) is 1.55. The van der Waals surface area contributed by atoms with Crippen molar-refractivity contribution in [1.29, 1.82) is 0 Å². The van der Waals surface area contributed by atoms with Crippen molar-refractivity contribution in [3.05, 3.63) is 48.9 Å². The topological polar surface area (TPSA) is 67.3 Å². The summed E-state index contributed by atoms with van der Waals surface area (Å²) in [6, 6.07) is 11.5. The molecule has 3 rings (SSSR count). The van der Waals surface area contributed by atoms with Gasteiger partial charge in [0.2, 0.25) is 0 Å². The predicted molar refractivity (Wildman–Crippen MR) is 62.8 cm³/mol. The van der Waals surface area contributed by atoms with Gasteiger partial charge >= 0.3 is 0 Å². The summed E-state index contributed by atoms with van der Waals surface area (Å²) in [5.74, 6) is 0.655. The van der Waals surface area contributed by atoms with Gasteiger partial charge in [-0.15, -0.1) is 10.2 Å². The number of hydrogen-bond acceptors (Lipinski definition) is 4. The number of nitrogens with one attached hydrogen (secondary N) is 1. The van der Waals surface area contributed by atoms with Gasteiger partial charge in [-0.1, -0.05) is 12.1 Å². The van der Waals surface area contributed by atoms with E-state index >= 15 is 0 Å². The molecular weight excluding hydrogens is 214 g/mol. The maximum Gasteiger partial charge on any atom is 0.179 e. The van der Waals surface area contributed by atoms with Gasteiger partial charge in [0.1, 0.15) is 12.0 Å². The highest BCUT2D eigenvalue weighted by atomic mass is 15.2. The Labute approximate surface area is 97.6 Å². The van der Waals surface area contributed by atoms with Crippen LogP contribution >= 0.6 is 0 Å². The third-order valence-electron chi connectivity index (χ3n) is 2.34. The second-order valence-electron chi connectivity index (χ2n) is 3.46. The van der Waals surface area contributed by atoms with Crippen LogP contribution in [0.1, 0.15) is 0 Å². The Morgan fingerprint density at radius 3 is 2.53 bits per heavy atom. The Morgan fingerprint density at radius 2 is 1.76 bits per heavy atom. The maximum absolute atomic E-state index is 4.49. The molecule has 0 aromatic carbocycles. The van der Waals surface area contributed by atoms with E-state index in [4.69, 9.17) is 0 Å². The molecule has 0 saturated carbocycles. The molecule has 3 aromatic rings. The molecule has 0 aliphatic rings. The number of nitrogens with zero attached hydrogens (tertiary/aromatic N) is 4. The number of rotatable bonds is 2. The quantitative estimate of drug-likeness (QED) is 0.720. The summed E-state index contributed by atoms with van der Waals surface area (Å²) in [6.07, 6.45) is 3.28. The average Bonchev–Trinajstić information content (AvgIpc) is 2.94. The molecule has 0 atom stereocenters. The summed E-state index contributed by atoms with van der Waals surface area (Å²) < 4.78 is 0. The van der Waals surface area contributed by atoms with E-state index in [9.17, 15) is 0 Å². The second kappa shape index (κ2) is 4.13. The second-order valence-corrected chi connectivity index (χ2v) is 3.46. The lowest BCUT2D eigenvalue weighted by molar-refractivity contribution is 1.09. The smallest absolute Gasteiger partial charge is 0.179 e. The van der Waals surface area contributed by atoms with Gasteiger partial charge in [-0.2, -0.15) is 0 Å². The molecule has 0 aliphatic heterocycles. The van der Waals surface area contributed by atoms with E-state index < -0.39 is 0 Å². The normalized spacial score (nSPS) is 10.4. The lowest BCUT2D eigenvalue weighted by Crippen LogP contribution is -1.90. The molecule has 1 N–H and O–H groups in total. The largest absolute Gasteiger partial charge is 0.326 e. The highest BCUT2D eigenvalue weighted by Gasteiger charge is 2.05. The van der Waals surface area contributed by atoms with Crippen LogP contribution in [0.25, 0.3) is 22.9 Å². The Morgan fingerprint density at radius 1 is 0.882 bits per heavy atom. The summed E-state index contributed by atoms with van der Waals surface area (Å²) in [6.45, 7) is 0. The molecule has 0 radical (unpaired) electrons. The van der Waals surface area contributed by atoms with Crippen molar-refractivity contribution >= 4 is 0 Å². The molecule has 0 bridgehead atoms. The van der Waals surface area contributed by atoms with Crippen molar-refractivity contribution in [3.8, 4) is 22.9 Å². The lowest BCUT2D eigenvalue weighted by atomic mass is 10.2. The van der Waals surface area contributed by atoms with Crippen molar-refractivity contribution in [1.82, 2.24) is 25.1 Å². The minimum Gasteiger partial charge on any atom is -0.326 e. The summed E-state index contributed by atoms with van der Waals surface area (Å²) in [5.41, 5.74) is 2.42. The van der Waals surface area contributed by atoms with Gasteiger partial charge in [-0.3, -0.25) is 4.98 Å². The molecule has 0 unspecified atom stereocenters. The molecular formula is C12H9N5. The maximum atomic E-state index is 4.49. The van der Waals surface area contributed by atoms with Crippen LogP contribution in [0.2, 0.25) is 0 Å². The molecule has 5 nitrogen and oxygen atoms in total. The molecule has 3 aromatic heterocycles. The van der Waals surface area contributed by atoms with Crippen LogP contribution in [0.3, 0.4) is 0 Å². The standard InChI is InChI=1S/C12H9N5/c1-2-7-13-9(4-1)10-5-3-6-11(16-10)12-14-8-15-17-12/h1-8H,(H,14,15,17). The predicted octanol–water partition coefficient (Wildman–Crippen LogP) is 1.93. The lowest BCUT2D eigenvalue weighted by Gasteiger charge is -2.01. The van der Waals surface area contributed by atoms with Crippen molar-refractivity contribution in [2.45, 2.75) is 0 Å². The molecule has 82 valence electrons. The van der Waals surface area contributed by atoms with Crippen molar-refractivity contribution in [2.75, 3.05) is 0 Å². The highest BCUT2D eigenvalue weighted by molar-refractivity contribution is 5.59. The van der Waals surface area contributed by atoms with Crippen LogP contribution in [0.4, 0.5) is 0 Å². The first-order chi connectivity index (χ1) is 8.43. The Hall–Kier alpha value is -2.56. The van der Waals surface area contributed by atoms with Crippen LogP contribution in [-0.2, 0) is 0 Å². The average molecular weight is 223 g/mol. The van der Waals surface area contributed by atoms with Gasteiger partial charge in [-0.05, 0) is 24.3 Å². The van der Waals surface area contributed by atoms with Gasteiger partial charge in [0.25, 0.3) is 0 Å². The Balaban J connectivity index is 2.06. The summed E-state index contributed by atoms with van der Waals surface area (Å²) in [4.78, 5) is 11.7. The van der Waals surface area contributed by atoms with E-state index in [1.807, 2.05) is 36.4 Å². The summed E-state index contributed by atoms with van der Waals surface area (Å²) in [5, 5.41) is 7.67. The van der Waals surface area contributed by atoms with Crippen LogP contribution in [0, 0.1) is 0 Å². The van der Waals surface area contributed by atoms with Crippen LogP contribution in [0.15, 0.2) is 48.9 Å². The van der Waals surface area contributed by atoms with E-state index in [2.05, 4.69) is 25.1 Å². The zero-order valence-electron chi connectivity index (χ0n) is 8.91. The van der Waals surface area contributed by atoms with Crippen molar-refractivity contribution < 1.29 is 0 Å². The number of hydrogen-bond donors (Lipinski definition) is 1. The summed E-state index contributed by atoms with van der Waals surface area (Å²) >= 11 is 0. The van der Waals surface area contributed by atoms with E-state index in [1.54, 1.807) is 6.20 Å². The van der Waals surface area contributed by atoms with Gasteiger partial charge < -0.3 is 4.98 Å². The Bertz CT molecular complexity index is 604. The van der Waals surface area contributed by atoms with E-state index in [1.165, 1.54) is 6.33 Å². The van der Waals surface area contributed by atoms with Crippen LogP contribution in [0.5, 0.6) is 0 Å². The van der Waals surface area contributed by atoms with E-state index in [0.29, 0.717) is 5.82 Å². The monoisotopic (exact) mass is 223 g/mol. The van der Waals surface area contributed by atoms with Crippen molar-refractivity contribution in [2.24, 2.45) is 0 Å². The van der Waals surface area contributed by atoms with Gasteiger partial charge in [0.05, 0.1) is 11.4 Å². The first-order valence-corrected chi connectivity index (χ1v) is 5.18. The van der Waals surface area contributed by atoms with Gasteiger partial charge in [0, 0.05) is 6.20 Å². The molecule has 5 heteroatoms. The Kier molecular flexibility index (Phi) is 2.34. The number of aromatic nitrogens is 5. The SMILES string of the molecule is c1ccc(-c2cccc(-c3nnc[nH]3)n2)nc1.